The van der Waals surface area contributed by atoms with Gasteiger partial charge in [0.05, 0.1) is 17.8 Å². The molecule has 8 nitrogen and oxygen atoms in total. The molecule has 0 saturated carbocycles. The van der Waals surface area contributed by atoms with Crippen LogP contribution in [0, 0.1) is 0 Å². The second-order valence-electron chi connectivity index (χ2n) is 7.91. The van der Waals surface area contributed by atoms with Crippen molar-refractivity contribution in [3.05, 3.63) is 73.2 Å². The molecule has 32 heavy (non-hydrogen) atoms. The molecular weight excluding hydrogens is 470 g/mol. The predicted octanol–water partition coefficient (Wildman–Crippen LogP) is 2.84. The van der Waals surface area contributed by atoms with E-state index in [0.717, 1.165) is 27.6 Å². The summed E-state index contributed by atoms with van der Waals surface area (Å²) in [4.78, 5) is 26.6. The smallest absolute Gasteiger partial charge is 0.256 e. The maximum Gasteiger partial charge on any atom is 0.256 e. The summed E-state index contributed by atoms with van der Waals surface area (Å²) in [6, 6.07) is 8.23. The summed E-state index contributed by atoms with van der Waals surface area (Å²) in [6.07, 6.45) is 5.51. The number of aromatic amines is 1. The van der Waals surface area contributed by atoms with Gasteiger partial charge in [0.25, 0.3) is 5.56 Å². The summed E-state index contributed by atoms with van der Waals surface area (Å²) in [5.41, 5.74) is 3.00. The van der Waals surface area contributed by atoms with Crippen LogP contribution in [0.15, 0.2) is 46.6 Å². The van der Waals surface area contributed by atoms with Gasteiger partial charge in [0.2, 0.25) is 15.0 Å². The van der Waals surface area contributed by atoms with Crippen LogP contribution in [0.5, 0.6) is 0 Å². The topological polar surface area (TPSA) is 101 Å². The molecule has 166 valence electrons. The molecule has 1 aromatic carbocycles. The molecule has 0 spiro atoms. The molecule has 0 amide bonds. The van der Waals surface area contributed by atoms with Crippen molar-refractivity contribution in [2.45, 2.75) is 31.2 Å². The van der Waals surface area contributed by atoms with Crippen LogP contribution in [0.3, 0.4) is 0 Å². The van der Waals surface area contributed by atoms with Gasteiger partial charge >= 0.3 is 0 Å². The Morgan fingerprint density at radius 1 is 1.25 bits per heavy atom. The van der Waals surface area contributed by atoms with Crippen LogP contribution in [0.1, 0.15) is 21.7 Å². The first kappa shape index (κ1) is 21.3. The standard InChI is InChI=1S/C21H20ClN5O3S2/c1-32(29,30)21-24-17-6-7-26(12-16(17)19(28)25-21)9-13-10-27(11-14-8-23-20(22)31-14)18-5-3-2-4-15(13)18/h2-5,8,10H,6-7,9,11-12H2,1H3,(H,24,25,28). The first-order valence-corrected chi connectivity index (χ1v) is 13.1. The molecule has 0 unspecified atom stereocenters. The molecule has 1 N–H and O–H groups in total. The lowest BCUT2D eigenvalue weighted by Gasteiger charge is -2.27. The van der Waals surface area contributed by atoms with Gasteiger partial charge in [0, 0.05) is 60.5 Å². The van der Waals surface area contributed by atoms with Crippen molar-refractivity contribution in [2.24, 2.45) is 0 Å². The number of hydrogen-bond donors (Lipinski definition) is 1. The first-order chi connectivity index (χ1) is 15.3. The highest BCUT2D eigenvalue weighted by atomic mass is 35.5. The fourth-order valence-corrected chi connectivity index (χ4v) is 5.64. The summed E-state index contributed by atoms with van der Waals surface area (Å²) >= 11 is 7.46. The van der Waals surface area contributed by atoms with Crippen LogP contribution in [-0.4, -0.2) is 45.6 Å². The zero-order chi connectivity index (χ0) is 22.5. The molecule has 4 heterocycles. The van der Waals surface area contributed by atoms with Crippen molar-refractivity contribution < 1.29 is 8.42 Å². The van der Waals surface area contributed by atoms with Crippen LogP contribution in [0.4, 0.5) is 0 Å². The fourth-order valence-electron chi connectivity index (χ4n) is 4.11. The van der Waals surface area contributed by atoms with Gasteiger partial charge in [-0.2, -0.15) is 0 Å². The van der Waals surface area contributed by atoms with Gasteiger partial charge in [0.1, 0.15) is 0 Å². The van der Waals surface area contributed by atoms with E-state index in [9.17, 15) is 13.2 Å². The molecule has 0 bridgehead atoms. The first-order valence-electron chi connectivity index (χ1n) is 9.99. The maximum atomic E-state index is 12.5. The number of benzene rings is 1. The molecule has 4 aromatic rings. The number of sulfone groups is 1. The van der Waals surface area contributed by atoms with E-state index >= 15 is 0 Å². The third-order valence-electron chi connectivity index (χ3n) is 5.59. The zero-order valence-corrected chi connectivity index (χ0v) is 19.6. The molecule has 11 heteroatoms. The van der Waals surface area contributed by atoms with Gasteiger partial charge < -0.3 is 4.57 Å². The highest BCUT2D eigenvalue weighted by Crippen LogP contribution is 2.27. The van der Waals surface area contributed by atoms with Crippen molar-refractivity contribution in [1.82, 2.24) is 24.4 Å². The van der Waals surface area contributed by atoms with E-state index in [1.165, 1.54) is 11.3 Å². The van der Waals surface area contributed by atoms with Gasteiger partial charge in [-0.05, 0) is 11.6 Å². The Labute approximate surface area is 193 Å². The minimum absolute atomic E-state index is 0.263. The molecule has 0 aliphatic carbocycles. The number of para-hydroxylation sites is 1. The van der Waals surface area contributed by atoms with E-state index in [-0.39, 0.29) is 10.7 Å². The van der Waals surface area contributed by atoms with Gasteiger partial charge in [0.15, 0.2) is 4.47 Å². The van der Waals surface area contributed by atoms with Crippen LogP contribution in [-0.2, 0) is 35.9 Å². The lowest BCUT2D eigenvalue weighted by atomic mass is 10.1. The molecule has 0 atom stereocenters. The molecular formula is C21H20ClN5O3S2. The van der Waals surface area contributed by atoms with Gasteiger partial charge in [-0.25, -0.2) is 18.4 Å². The summed E-state index contributed by atoms with van der Waals surface area (Å²) in [6.45, 7) is 2.47. The fraction of sp³-hybridized carbons (Fsp3) is 0.286. The highest BCUT2D eigenvalue weighted by Gasteiger charge is 2.24. The molecule has 0 saturated heterocycles. The van der Waals surface area contributed by atoms with Crippen molar-refractivity contribution in [1.29, 1.82) is 0 Å². The second-order valence-corrected chi connectivity index (χ2v) is 11.5. The lowest BCUT2D eigenvalue weighted by molar-refractivity contribution is 0.241. The zero-order valence-electron chi connectivity index (χ0n) is 17.2. The van der Waals surface area contributed by atoms with Crippen molar-refractivity contribution in [3.63, 3.8) is 0 Å². The summed E-state index contributed by atoms with van der Waals surface area (Å²) < 4.78 is 26.3. The van der Waals surface area contributed by atoms with E-state index in [1.54, 1.807) is 6.20 Å². The SMILES string of the molecule is CS(=O)(=O)c1nc2c(c(=O)[nH]1)CN(Cc1cn(Cc3cnc(Cl)s3)c3ccccc13)CC2. The normalized spacial score (nSPS) is 14.7. The predicted molar refractivity (Wildman–Crippen MR) is 124 cm³/mol. The quantitative estimate of drug-likeness (QED) is 0.432. The average molecular weight is 490 g/mol. The monoisotopic (exact) mass is 489 g/mol. The van der Waals surface area contributed by atoms with E-state index < -0.39 is 9.84 Å². The van der Waals surface area contributed by atoms with E-state index in [0.29, 0.717) is 48.3 Å². The van der Waals surface area contributed by atoms with Crippen LogP contribution in [0.2, 0.25) is 4.47 Å². The van der Waals surface area contributed by atoms with Crippen LogP contribution in [0.25, 0.3) is 10.9 Å². The Morgan fingerprint density at radius 3 is 2.81 bits per heavy atom. The molecule has 1 aliphatic heterocycles. The average Bonchev–Trinajstić information content (AvgIpc) is 3.31. The minimum Gasteiger partial charge on any atom is -0.342 e. The number of nitrogens with one attached hydrogen (secondary N) is 1. The van der Waals surface area contributed by atoms with Gasteiger partial charge in [-0.15, -0.1) is 11.3 Å². The summed E-state index contributed by atoms with van der Waals surface area (Å²) in [5.74, 6) is 0. The van der Waals surface area contributed by atoms with Gasteiger partial charge in [-0.3, -0.25) is 14.7 Å². The maximum absolute atomic E-state index is 12.5. The second kappa shape index (κ2) is 8.11. The molecule has 0 radical (unpaired) electrons. The number of rotatable bonds is 5. The summed E-state index contributed by atoms with van der Waals surface area (Å²) in [5, 5.41) is 0.898. The number of hydrogen-bond acceptors (Lipinski definition) is 7. The van der Waals surface area contributed by atoms with E-state index in [1.807, 2.05) is 12.1 Å². The van der Waals surface area contributed by atoms with Crippen LogP contribution < -0.4 is 5.56 Å². The Balaban J connectivity index is 1.43. The van der Waals surface area contributed by atoms with Crippen molar-refractivity contribution in [2.75, 3.05) is 12.8 Å². The summed E-state index contributed by atoms with van der Waals surface area (Å²) in [7, 11) is -3.56. The van der Waals surface area contributed by atoms with Crippen molar-refractivity contribution in [3.8, 4) is 0 Å². The largest absolute Gasteiger partial charge is 0.342 e. The lowest BCUT2D eigenvalue weighted by Crippen LogP contribution is -2.36. The number of nitrogens with zero attached hydrogens (tertiary/aromatic N) is 4. The van der Waals surface area contributed by atoms with E-state index in [4.69, 9.17) is 11.6 Å². The number of H-pyrrole nitrogens is 1. The number of aromatic nitrogens is 4. The van der Waals surface area contributed by atoms with Crippen LogP contribution >= 0.6 is 22.9 Å². The minimum atomic E-state index is -3.56. The molecule has 5 rings (SSSR count). The van der Waals surface area contributed by atoms with Gasteiger partial charge in [-0.1, -0.05) is 29.8 Å². The number of thiazole rings is 1. The Bertz CT molecular complexity index is 1490. The molecule has 3 aromatic heterocycles. The number of halogens is 1. The van der Waals surface area contributed by atoms with E-state index in [2.05, 4.69) is 42.7 Å². The third-order valence-corrected chi connectivity index (χ3v) is 7.59. The third kappa shape index (κ3) is 4.11. The Hall–Kier alpha value is -2.53. The molecule has 1 aliphatic rings. The Kier molecular flexibility index (Phi) is 5.40. The highest BCUT2D eigenvalue weighted by molar-refractivity contribution is 7.90. The number of fused-ring (bicyclic) bond motifs is 2. The van der Waals surface area contributed by atoms with Crippen molar-refractivity contribution >= 4 is 43.7 Å². The molecule has 0 fully saturated rings. The Morgan fingerprint density at radius 2 is 2.06 bits per heavy atom.